The number of ether oxygens (including phenoxy) is 1. The number of methoxy groups -OCH3 is 1. The molecule has 0 saturated heterocycles. The van der Waals surface area contributed by atoms with Crippen LogP contribution in [0.4, 0.5) is 0 Å². The Labute approximate surface area is 108 Å². The fraction of sp³-hybridized carbons (Fsp3) is 0.429. The van der Waals surface area contributed by atoms with Gasteiger partial charge in [0.25, 0.3) is 0 Å². The lowest BCUT2D eigenvalue weighted by Gasteiger charge is -2.19. The van der Waals surface area contributed by atoms with E-state index in [0.29, 0.717) is 18.7 Å². The molecule has 0 aliphatic rings. The third-order valence-corrected chi connectivity index (χ3v) is 2.66. The molecule has 0 fully saturated rings. The van der Waals surface area contributed by atoms with Crippen LogP contribution in [0, 0.1) is 28.6 Å². The summed E-state index contributed by atoms with van der Waals surface area (Å²) in [5, 5.41) is 17.7. The average Bonchev–Trinajstić information content (AvgIpc) is 2.38. The fourth-order valence-electron chi connectivity index (χ4n) is 1.84. The van der Waals surface area contributed by atoms with Crippen LogP contribution in [0.5, 0.6) is 5.75 Å². The molecule has 1 aromatic rings. The van der Waals surface area contributed by atoms with Crippen LogP contribution in [0.15, 0.2) is 18.2 Å². The van der Waals surface area contributed by atoms with Crippen LogP contribution in [0.1, 0.15) is 18.1 Å². The molecule has 0 aromatic heterocycles. The van der Waals surface area contributed by atoms with Gasteiger partial charge in [-0.25, -0.2) is 0 Å². The Kier molecular flexibility index (Phi) is 5.17. The summed E-state index contributed by atoms with van der Waals surface area (Å²) in [6, 6.07) is 9.69. The van der Waals surface area contributed by atoms with Crippen molar-refractivity contribution in [1.29, 1.82) is 10.5 Å². The van der Waals surface area contributed by atoms with Crippen molar-refractivity contribution >= 4 is 0 Å². The highest BCUT2D eigenvalue weighted by Gasteiger charge is 2.10. The normalized spacial score (nSPS) is 11.7. The summed E-state index contributed by atoms with van der Waals surface area (Å²) in [6.07, 6.45) is 0. The molecule has 0 heterocycles. The van der Waals surface area contributed by atoms with Crippen molar-refractivity contribution in [2.45, 2.75) is 13.5 Å². The van der Waals surface area contributed by atoms with Gasteiger partial charge in [-0.2, -0.15) is 10.5 Å². The number of nitriles is 2. The van der Waals surface area contributed by atoms with Gasteiger partial charge in [-0.05, 0) is 32.2 Å². The molecule has 1 aromatic carbocycles. The van der Waals surface area contributed by atoms with Crippen LogP contribution in [0.3, 0.4) is 0 Å². The van der Waals surface area contributed by atoms with Gasteiger partial charge in [0, 0.05) is 18.7 Å². The van der Waals surface area contributed by atoms with Crippen molar-refractivity contribution in [1.82, 2.24) is 4.90 Å². The standard InChI is InChI=1S/C14H17N3O/c1-11(7-15)9-17(2)10-13-6-12(8-16)4-5-14(13)18-3/h4-6,11H,9-10H2,1-3H3. The highest BCUT2D eigenvalue weighted by molar-refractivity contribution is 5.42. The van der Waals surface area contributed by atoms with Crippen molar-refractivity contribution < 1.29 is 4.74 Å². The molecule has 0 bridgehead atoms. The second-order valence-corrected chi connectivity index (χ2v) is 4.37. The first-order valence-corrected chi connectivity index (χ1v) is 5.76. The molecule has 1 rings (SSSR count). The van der Waals surface area contributed by atoms with Gasteiger partial charge >= 0.3 is 0 Å². The maximum Gasteiger partial charge on any atom is 0.123 e. The number of hydrogen-bond acceptors (Lipinski definition) is 4. The molecule has 0 aliphatic carbocycles. The molecule has 4 nitrogen and oxygen atoms in total. The van der Waals surface area contributed by atoms with E-state index in [1.807, 2.05) is 24.9 Å². The third-order valence-electron chi connectivity index (χ3n) is 2.66. The number of nitrogens with zero attached hydrogens (tertiary/aromatic N) is 3. The van der Waals surface area contributed by atoms with Gasteiger partial charge in [-0.3, -0.25) is 0 Å². The first-order chi connectivity index (χ1) is 8.60. The highest BCUT2D eigenvalue weighted by Crippen LogP contribution is 2.21. The summed E-state index contributed by atoms with van der Waals surface area (Å²) >= 11 is 0. The molecule has 4 heteroatoms. The molecule has 1 atom stereocenters. The summed E-state index contributed by atoms with van der Waals surface area (Å²) in [6.45, 7) is 3.24. The zero-order valence-electron chi connectivity index (χ0n) is 11.0. The van der Waals surface area contributed by atoms with E-state index in [1.54, 1.807) is 19.2 Å². The first-order valence-electron chi connectivity index (χ1n) is 5.76. The molecule has 0 aliphatic heterocycles. The molecule has 0 N–H and O–H groups in total. The predicted octanol–water partition coefficient (Wildman–Crippen LogP) is 2.16. The fourth-order valence-corrected chi connectivity index (χ4v) is 1.84. The van der Waals surface area contributed by atoms with E-state index in [1.165, 1.54) is 0 Å². The lowest BCUT2D eigenvalue weighted by Crippen LogP contribution is -2.23. The molecular formula is C14H17N3O. The van der Waals surface area contributed by atoms with Gasteiger partial charge in [-0.1, -0.05) is 0 Å². The van der Waals surface area contributed by atoms with Crippen molar-refractivity contribution in [3.63, 3.8) is 0 Å². The molecule has 18 heavy (non-hydrogen) atoms. The summed E-state index contributed by atoms with van der Waals surface area (Å²) in [4.78, 5) is 2.05. The van der Waals surface area contributed by atoms with Crippen LogP contribution in [0.2, 0.25) is 0 Å². The van der Waals surface area contributed by atoms with Crippen LogP contribution < -0.4 is 4.74 Å². The Morgan fingerprint density at radius 1 is 1.39 bits per heavy atom. The van der Waals surface area contributed by atoms with E-state index < -0.39 is 0 Å². The molecule has 1 unspecified atom stereocenters. The van der Waals surface area contributed by atoms with Gasteiger partial charge in [-0.15, -0.1) is 0 Å². The summed E-state index contributed by atoms with van der Waals surface area (Å²) in [5.74, 6) is 0.755. The van der Waals surface area contributed by atoms with E-state index in [4.69, 9.17) is 15.3 Å². The monoisotopic (exact) mass is 243 g/mol. The minimum Gasteiger partial charge on any atom is -0.496 e. The number of benzene rings is 1. The molecule has 0 spiro atoms. The second kappa shape index (κ2) is 6.64. The van der Waals surface area contributed by atoms with E-state index in [9.17, 15) is 0 Å². The van der Waals surface area contributed by atoms with Crippen LogP contribution in [-0.4, -0.2) is 25.6 Å². The molecule has 94 valence electrons. The number of rotatable bonds is 5. The third kappa shape index (κ3) is 3.76. The topological polar surface area (TPSA) is 60.0 Å². The lowest BCUT2D eigenvalue weighted by molar-refractivity contribution is 0.296. The quantitative estimate of drug-likeness (QED) is 0.795. The molecule has 0 radical (unpaired) electrons. The molecule has 0 amide bonds. The SMILES string of the molecule is COc1ccc(C#N)cc1CN(C)CC(C)C#N. The van der Waals surface area contributed by atoms with Crippen LogP contribution >= 0.6 is 0 Å². The molecular weight excluding hydrogens is 226 g/mol. The van der Waals surface area contributed by atoms with E-state index >= 15 is 0 Å². The summed E-state index contributed by atoms with van der Waals surface area (Å²) < 4.78 is 5.28. The van der Waals surface area contributed by atoms with Crippen molar-refractivity contribution in [2.75, 3.05) is 20.7 Å². The van der Waals surface area contributed by atoms with Gasteiger partial charge in [0.05, 0.1) is 30.7 Å². The first kappa shape index (κ1) is 14.0. The van der Waals surface area contributed by atoms with Crippen molar-refractivity contribution in [3.8, 4) is 17.9 Å². The van der Waals surface area contributed by atoms with Crippen molar-refractivity contribution in [3.05, 3.63) is 29.3 Å². The summed E-state index contributed by atoms with van der Waals surface area (Å²) in [7, 11) is 3.56. The zero-order valence-corrected chi connectivity index (χ0v) is 11.0. The van der Waals surface area contributed by atoms with Gasteiger partial charge < -0.3 is 9.64 Å². The van der Waals surface area contributed by atoms with Gasteiger partial charge in [0.15, 0.2) is 0 Å². The summed E-state index contributed by atoms with van der Waals surface area (Å²) in [5.41, 5.74) is 1.58. The van der Waals surface area contributed by atoms with Crippen LogP contribution in [0.25, 0.3) is 0 Å². The Bertz CT molecular complexity index is 485. The van der Waals surface area contributed by atoms with Gasteiger partial charge in [0.1, 0.15) is 5.75 Å². The Balaban J connectivity index is 2.83. The maximum absolute atomic E-state index is 8.90. The average molecular weight is 243 g/mol. The Morgan fingerprint density at radius 2 is 2.11 bits per heavy atom. The largest absolute Gasteiger partial charge is 0.496 e. The molecule has 0 saturated carbocycles. The second-order valence-electron chi connectivity index (χ2n) is 4.37. The van der Waals surface area contributed by atoms with Crippen molar-refractivity contribution in [2.24, 2.45) is 5.92 Å². The Hall–Kier alpha value is -2.04. The lowest BCUT2D eigenvalue weighted by atomic mass is 10.1. The van der Waals surface area contributed by atoms with E-state index in [2.05, 4.69) is 12.1 Å². The van der Waals surface area contributed by atoms with E-state index in [-0.39, 0.29) is 5.92 Å². The maximum atomic E-state index is 8.90. The smallest absolute Gasteiger partial charge is 0.123 e. The highest BCUT2D eigenvalue weighted by atomic mass is 16.5. The number of hydrogen-bond donors (Lipinski definition) is 0. The van der Waals surface area contributed by atoms with Gasteiger partial charge in [0.2, 0.25) is 0 Å². The minimum absolute atomic E-state index is 0.0138. The van der Waals surface area contributed by atoms with Crippen LogP contribution in [-0.2, 0) is 6.54 Å². The predicted molar refractivity (Wildman–Crippen MR) is 68.8 cm³/mol. The Morgan fingerprint density at radius 3 is 2.67 bits per heavy atom. The van der Waals surface area contributed by atoms with E-state index in [0.717, 1.165) is 11.3 Å². The zero-order chi connectivity index (χ0) is 13.5. The minimum atomic E-state index is -0.0138.